The van der Waals surface area contributed by atoms with Gasteiger partial charge in [0.15, 0.2) is 11.9 Å². The van der Waals surface area contributed by atoms with Crippen LogP contribution >= 0.6 is 23.2 Å². The first-order chi connectivity index (χ1) is 49.5. The summed E-state index contributed by atoms with van der Waals surface area (Å²) in [6.07, 6.45) is 1.25. The van der Waals surface area contributed by atoms with Gasteiger partial charge in [-0.25, -0.2) is 9.59 Å². The van der Waals surface area contributed by atoms with Gasteiger partial charge in [0, 0.05) is 69.3 Å². The maximum absolute atomic E-state index is 14.5. The first-order valence-electron chi connectivity index (χ1n) is 34.9. The molecule has 9 atom stereocenters. The van der Waals surface area contributed by atoms with E-state index < -0.39 is 143 Å². The zero-order chi connectivity index (χ0) is 76.5. The number of amides is 10. The molecular formula is C72H101Cl2N9O21. The fourth-order valence-corrected chi connectivity index (χ4v) is 12.1. The highest BCUT2D eigenvalue weighted by atomic mass is 35.5. The van der Waals surface area contributed by atoms with Gasteiger partial charge in [-0.3, -0.25) is 57.6 Å². The Hall–Kier alpha value is -8.55. The number of alkyl halides is 1. The zero-order valence-electron chi connectivity index (χ0n) is 60.3. The van der Waals surface area contributed by atoms with Crippen molar-refractivity contribution in [2.45, 2.75) is 148 Å². The van der Waals surface area contributed by atoms with Gasteiger partial charge in [0.2, 0.25) is 35.4 Å². The van der Waals surface area contributed by atoms with Crippen molar-refractivity contribution in [3.05, 3.63) is 89.0 Å². The van der Waals surface area contributed by atoms with Crippen LogP contribution in [-0.4, -0.2) is 222 Å². The number of cyclic esters (lactones) is 2. The lowest BCUT2D eigenvalue weighted by Crippen LogP contribution is -2.51. The van der Waals surface area contributed by atoms with Crippen molar-refractivity contribution >= 4 is 100 Å². The molecule has 10 amide bonds. The molecule has 0 unspecified atom stereocenters. The van der Waals surface area contributed by atoms with Crippen LogP contribution in [0.1, 0.15) is 116 Å². The highest BCUT2D eigenvalue weighted by molar-refractivity contribution is 6.32. The van der Waals surface area contributed by atoms with Crippen molar-refractivity contribution < 1.29 is 100 Å². The third-order valence-electron chi connectivity index (χ3n) is 17.2. The van der Waals surface area contributed by atoms with E-state index in [4.69, 9.17) is 66.8 Å². The summed E-state index contributed by atoms with van der Waals surface area (Å²) in [7, 11) is 1.45. The minimum absolute atomic E-state index is 0.0177. The van der Waals surface area contributed by atoms with E-state index in [-0.39, 0.29) is 153 Å². The second-order valence-corrected chi connectivity index (χ2v) is 27.6. The third-order valence-corrected chi connectivity index (χ3v) is 18.0. The molecule has 0 spiro atoms. The van der Waals surface area contributed by atoms with Crippen LogP contribution in [0.4, 0.5) is 4.79 Å². The normalized spacial score (nSPS) is 19.7. The van der Waals surface area contributed by atoms with Gasteiger partial charge in [-0.2, -0.15) is 0 Å². The topological polar surface area (TPSA) is 400 Å². The number of ketones is 1. The molecule has 3 aliphatic heterocycles. The van der Waals surface area contributed by atoms with Crippen LogP contribution in [0.5, 0.6) is 5.75 Å². The van der Waals surface area contributed by atoms with Gasteiger partial charge in [0.05, 0.1) is 94.9 Å². The third kappa shape index (κ3) is 29.2. The number of carbonyl (C=O) groups excluding carboxylic acids is 13. The summed E-state index contributed by atoms with van der Waals surface area (Å²) in [4.78, 5) is 176. The van der Waals surface area contributed by atoms with Crippen LogP contribution < -0.4 is 42.4 Å². The van der Waals surface area contributed by atoms with Gasteiger partial charge in [-0.1, -0.05) is 88.7 Å². The van der Waals surface area contributed by atoms with Gasteiger partial charge >= 0.3 is 23.9 Å². The van der Waals surface area contributed by atoms with Crippen LogP contribution in [0.15, 0.2) is 72.8 Å². The fourth-order valence-electron chi connectivity index (χ4n) is 11.4. The van der Waals surface area contributed by atoms with Gasteiger partial charge in [0.25, 0.3) is 11.8 Å². The van der Waals surface area contributed by atoms with E-state index in [9.17, 15) is 62.3 Å². The summed E-state index contributed by atoms with van der Waals surface area (Å²) >= 11 is 13.6. The van der Waals surface area contributed by atoms with Crippen molar-refractivity contribution in [2.24, 2.45) is 34.8 Å². The summed E-state index contributed by atoms with van der Waals surface area (Å²) in [5, 5.41) is 14.8. The highest BCUT2D eigenvalue weighted by Gasteiger charge is 2.42. The Labute approximate surface area is 616 Å². The van der Waals surface area contributed by atoms with Crippen LogP contribution in [0.2, 0.25) is 5.02 Å². The Balaban J connectivity index is 1.19. The van der Waals surface area contributed by atoms with Crippen LogP contribution in [0.25, 0.3) is 0 Å². The first-order valence-corrected chi connectivity index (χ1v) is 35.7. The Bertz CT molecular complexity index is 3300. The van der Waals surface area contributed by atoms with E-state index in [0.29, 0.717) is 23.3 Å². The summed E-state index contributed by atoms with van der Waals surface area (Å²) in [6, 6.07) is 9.38. The maximum atomic E-state index is 14.5. The predicted molar refractivity (Wildman–Crippen MR) is 379 cm³/mol. The SMILES string of the molecule is COc1ccc(C[C@H]2NC(=O)/C=C/C[C@@H]([C@H](C)[C@@H](OC(=O)CNC(=O)CNC(=O)[C@@H]3CCCN3C(=O)[C@H](CCCNC(N)=O)CC(=O)[C@@H](NC(=O)CCOCCOCCOCCOCCN3C(=O)C=CC3=O)C(C)C)[C@@H](Cl)c3ccccc3)OC(=O)[C@H](CC(C)C)OC(=O)C(C)(C)CNC2=O)cc1Cl. The van der Waals surface area contributed by atoms with E-state index in [1.54, 1.807) is 69.3 Å². The van der Waals surface area contributed by atoms with Gasteiger partial charge in [-0.15, -0.1) is 11.6 Å². The first kappa shape index (κ1) is 86.1. The van der Waals surface area contributed by atoms with E-state index in [1.807, 2.05) is 13.8 Å². The molecule has 32 heteroatoms. The van der Waals surface area contributed by atoms with Crippen molar-refractivity contribution in [1.82, 2.24) is 41.7 Å². The molecule has 1 fully saturated rings. The quantitative estimate of drug-likeness (QED) is 0.0165. The van der Waals surface area contributed by atoms with Crippen molar-refractivity contribution in [2.75, 3.05) is 99.2 Å². The molecule has 2 aromatic carbocycles. The van der Waals surface area contributed by atoms with E-state index >= 15 is 0 Å². The standard InChI is InChI=1S/C72H101Cl2N9O21/c1-44(2)37-56-69(94)102-54(19-12-20-57(85)80-51(39-47-21-22-55(97-8)50(73)38-47)66(91)79-43-72(6,7)70(95)103-56)46(5)65(63(74)48-15-10-9-11-16-48)104-62(90)42-77-59(87)41-78-67(92)52-18-14-27-82(52)68(93)49(17-13-26-76-71(75)96)40-53(84)64(45(3)4)81-58(86)25-29-98-31-33-100-35-36-101-34-32-99-30-28-83-60(88)23-24-61(83)89/h9-12,15-16,20-24,38,44-46,49,51-52,54,56,63-65H,13-14,17-19,25-37,39-43H2,1-8H3,(H,77,87)(H,78,92)(H,79,91)(H,80,85)(H,81,86)(H3,75,76,96)/b20-12+/t46-,49+,51+,52-,54-,56-,63-,64-,65+/m0/s1. The monoisotopic (exact) mass is 1500 g/mol. The molecule has 8 N–H and O–H groups in total. The number of ether oxygens (including phenoxy) is 8. The molecule has 104 heavy (non-hydrogen) atoms. The molecule has 0 saturated carbocycles. The molecule has 574 valence electrons. The molecule has 5 rings (SSSR count). The minimum Gasteiger partial charge on any atom is -0.495 e. The Morgan fingerprint density at radius 1 is 0.788 bits per heavy atom. The smallest absolute Gasteiger partial charge is 0.347 e. The summed E-state index contributed by atoms with van der Waals surface area (Å²) in [6.45, 7) is 12.1. The molecule has 2 aromatic rings. The molecule has 30 nitrogen and oxygen atoms in total. The van der Waals surface area contributed by atoms with Crippen molar-refractivity contribution in [3.63, 3.8) is 0 Å². The van der Waals surface area contributed by atoms with E-state index in [1.165, 1.54) is 44.1 Å². The summed E-state index contributed by atoms with van der Waals surface area (Å²) in [5.41, 5.74) is 4.95. The number of halogens is 2. The van der Waals surface area contributed by atoms with E-state index in [2.05, 4.69) is 31.9 Å². The van der Waals surface area contributed by atoms with Gasteiger partial charge < -0.3 is 80.4 Å². The lowest BCUT2D eigenvalue weighted by molar-refractivity contribution is -0.181. The summed E-state index contributed by atoms with van der Waals surface area (Å²) < 4.78 is 45.3. The fraction of sp³-hybridized carbons (Fsp3) is 0.597. The van der Waals surface area contributed by atoms with Gasteiger partial charge in [-0.05, 0) is 87.1 Å². The number of nitrogens with zero attached hydrogens (tertiary/aromatic N) is 2. The average Bonchev–Trinajstić information content (AvgIpc) is 1.81. The number of carbonyl (C=O) groups is 13. The molecule has 3 heterocycles. The zero-order valence-corrected chi connectivity index (χ0v) is 61.9. The molecule has 0 bridgehead atoms. The summed E-state index contributed by atoms with van der Waals surface area (Å²) in [5.74, 6) is -10.0. The number of primary amides is 1. The number of hydrogen-bond donors (Lipinski definition) is 7. The van der Waals surface area contributed by atoms with Gasteiger partial charge in [0.1, 0.15) is 36.6 Å². The Morgan fingerprint density at radius 2 is 1.44 bits per heavy atom. The number of nitrogens with one attached hydrogen (secondary N) is 6. The number of imide groups is 1. The van der Waals surface area contributed by atoms with Crippen LogP contribution in [0.3, 0.4) is 0 Å². The largest absolute Gasteiger partial charge is 0.495 e. The average molecular weight is 1500 g/mol. The Morgan fingerprint density at radius 3 is 2.07 bits per heavy atom. The molecule has 1 saturated heterocycles. The molecule has 0 radical (unpaired) electrons. The highest BCUT2D eigenvalue weighted by Crippen LogP contribution is 2.35. The van der Waals surface area contributed by atoms with E-state index in [0.717, 1.165) is 11.0 Å². The predicted octanol–water partition coefficient (Wildman–Crippen LogP) is 3.65. The number of Topliss-reactive ketones (excluding diaryl/α,β-unsaturated/α-hetero) is 1. The maximum Gasteiger partial charge on any atom is 0.347 e. The molecule has 0 aromatic heterocycles. The lowest BCUT2D eigenvalue weighted by Gasteiger charge is -2.34. The van der Waals surface area contributed by atoms with Crippen LogP contribution in [-0.2, 0) is 97.1 Å². The number of likely N-dealkylation sites (tertiary alicyclic amines) is 1. The molecular weight excluding hydrogens is 1400 g/mol. The number of urea groups is 1. The number of methoxy groups -OCH3 is 1. The second kappa shape index (κ2) is 44.3. The lowest BCUT2D eigenvalue weighted by atomic mass is 9.89. The molecule has 3 aliphatic rings. The second-order valence-electron chi connectivity index (χ2n) is 26.7. The molecule has 0 aliphatic carbocycles. The number of hydrogen-bond acceptors (Lipinski definition) is 21. The number of esters is 3. The van der Waals surface area contributed by atoms with Crippen molar-refractivity contribution in [3.8, 4) is 5.75 Å². The Kier molecular flexibility index (Phi) is 36.7. The number of rotatable bonds is 40. The van der Waals surface area contributed by atoms with Crippen molar-refractivity contribution in [1.29, 1.82) is 0 Å². The number of nitrogens with two attached hydrogens (primary N) is 1. The minimum atomic E-state index is -1.45. The van der Waals surface area contributed by atoms with Crippen LogP contribution in [0, 0.1) is 29.1 Å². The number of benzene rings is 2.